The van der Waals surface area contributed by atoms with E-state index in [4.69, 9.17) is 0 Å². The molecule has 0 saturated carbocycles. The van der Waals surface area contributed by atoms with E-state index in [0.29, 0.717) is 28.1 Å². The number of nitrogens with one attached hydrogen (secondary N) is 1. The molecule has 0 bridgehead atoms. The van der Waals surface area contributed by atoms with E-state index in [9.17, 15) is 14.4 Å². The van der Waals surface area contributed by atoms with Crippen LogP contribution in [0.3, 0.4) is 0 Å². The Hall–Kier alpha value is -4.25. The SMILES string of the molecule is O=C(Nc1cccc(N2C(=O)c3ccccc3C2=O)c1)c1cccc2ccccc12. The van der Waals surface area contributed by atoms with Crippen molar-refractivity contribution in [1.82, 2.24) is 0 Å². The molecule has 0 aliphatic carbocycles. The second-order valence-corrected chi connectivity index (χ2v) is 7.02. The molecule has 1 N–H and O–H groups in total. The van der Waals surface area contributed by atoms with Gasteiger partial charge in [-0.2, -0.15) is 0 Å². The minimum atomic E-state index is -0.367. The maximum Gasteiger partial charge on any atom is 0.266 e. The van der Waals surface area contributed by atoms with E-state index >= 15 is 0 Å². The van der Waals surface area contributed by atoms with Crippen molar-refractivity contribution in [3.63, 3.8) is 0 Å². The van der Waals surface area contributed by atoms with Gasteiger partial charge in [-0.25, -0.2) is 4.90 Å². The Bertz CT molecular complexity index is 1300. The van der Waals surface area contributed by atoms with E-state index in [2.05, 4.69) is 5.32 Å². The lowest BCUT2D eigenvalue weighted by Crippen LogP contribution is -2.29. The first-order chi connectivity index (χ1) is 14.6. The van der Waals surface area contributed by atoms with Crippen LogP contribution in [0.4, 0.5) is 11.4 Å². The Kier molecular flexibility index (Phi) is 4.14. The number of anilines is 2. The molecule has 4 aromatic rings. The van der Waals surface area contributed by atoms with Gasteiger partial charge in [0, 0.05) is 11.3 Å². The first kappa shape index (κ1) is 17.8. The third kappa shape index (κ3) is 2.84. The monoisotopic (exact) mass is 392 g/mol. The third-order valence-corrected chi connectivity index (χ3v) is 5.19. The molecular weight excluding hydrogens is 376 g/mol. The van der Waals surface area contributed by atoms with E-state index in [1.165, 1.54) is 0 Å². The summed E-state index contributed by atoms with van der Waals surface area (Å²) in [5.41, 5.74) is 2.23. The minimum Gasteiger partial charge on any atom is -0.322 e. The van der Waals surface area contributed by atoms with Crippen LogP contribution in [-0.2, 0) is 0 Å². The number of fused-ring (bicyclic) bond motifs is 2. The highest BCUT2D eigenvalue weighted by molar-refractivity contribution is 6.34. The normalized spacial score (nSPS) is 12.9. The molecule has 0 atom stereocenters. The van der Waals surface area contributed by atoms with Gasteiger partial charge in [0.2, 0.25) is 0 Å². The van der Waals surface area contributed by atoms with Gasteiger partial charge in [0.15, 0.2) is 0 Å². The largest absolute Gasteiger partial charge is 0.322 e. The highest BCUT2D eigenvalue weighted by Gasteiger charge is 2.36. The fourth-order valence-corrected chi connectivity index (χ4v) is 3.77. The molecule has 5 nitrogen and oxygen atoms in total. The number of amides is 3. The predicted molar refractivity (Wildman–Crippen MR) is 116 cm³/mol. The van der Waals surface area contributed by atoms with Gasteiger partial charge in [-0.15, -0.1) is 0 Å². The van der Waals surface area contributed by atoms with Gasteiger partial charge in [0.05, 0.1) is 16.8 Å². The van der Waals surface area contributed by atoms with E-state index in [1.807, 2.05) is 36.4 Å². The summed E-state index contributed by atoms with van der Waals surface area (Å²) in [5.74, 6) is -0.993. The number of hydrogen-bond donors (Lipinski definition) is 1. The highest BCUT2D eigenvalue weighted by atomic mass is 16.2. The summed E-state index contributed by atoms with van der Waals surface area (Å²) in [6, 6.07) is 26.7. The second-order valence-electron chi connectivity index (χ2n) is 7.02. The molecule has 0 unspecified atom stereocenters. The summed E-state index contributed by atoms with van der Waals surface area (Å²) < 4.78 is 0. The van der Waals surface area contributed by atoms with Crippen LogP contribution in [0.15, 0.2) is 91.0 Å². The summed E-state index contributed by atoms with van der Waals surface area (Å²) in [6.07, 6.45) is 0. The van der Waals surface area contributed by atoms with Crippen LogP contribution >= 0.6 is 0 Å². The second kappa shape index (κ2) is 6.97. The van der Waals surface area contributed by atoms with Gasteiger partial charge >= 0.3 is 0 Å². The average Bonchev–Trinajstić information content (AvgIpc) is 3.04. The molecule has 0 radical (unpaired) electrons. The molecule has 0 spiro atoms. The fourth-order valence-electron chi connectivity index (χ4n) is 3.77. The first-order valence-corrected chi connectivity index (χ1v) is 9.50. The molecule has 0 saturated heterocycles. The molecule has 1 aliphatic rings. The van der Waals surface area contributed by atoms with Crippen molar-refractivity contribution in [2.75, 3.05) is 10.2 Å². The van der Waals surface area contributed by atoms with Crippen molar-refractivity contribution < 1.29 is 14.4 Å². The standard InChI is InChI=1S/C25H16N2O3/c28-23(20-14-5-8-16-7-1-2-11-19(16)20)26-17-9-6-10-18(15-17)27-24(29)21-12-3-4-13-22(21)25(27)30/h1-15H,(H,26,28). The van der Waals surface area contributed by atoms with Crippen molar-refractivity contribution >= 4 is 39.9 Å². The number of carbonyl (C=O) groups excluding carboxylic acids is 3. The number of rotatable bonds is 3. The van der Waals surface area contributed by atoms with Gasteiger partial charge < -0.3 is 5.32 Å². The molecule has 5 heteroatoms. The molecule has 1 heterocycles. The zero-order chi connectivity index (χ0) is 20.7. The van der Waals surface area contributed by atoms with Gasteiger partial charge in [-0.05, 0) is 47.2 Å². The van der Waals surface area contributed by atoms with Gasteiger partial charge in [-0.1, -0.05) is 54.6 Å². The number of hydrogen-bond acceptors (Lipinski definition) is 3. The van der Waals surface area contributed by atoms with Gasteiger partial charge in [0.25, 0.3) is 17.7 Å². The minimum absolute atomic E-state index is 0.258. The molecule has 0 fully saturated rings. The summed E-state index contributed by atoms with van der Waals surface area (Å²) in [6.45, 7) is 0. The maximum atomic E-state index is 12.9. The summed E-state index contributed by atoms with van der Waals surface area (Å²) >= 11 is 0. The van der Waals surface area contributed by atoms with Crippen LogP contribution in [-0.4, -0.2) is 17.7 Å². The van der Waals surface area contributed by atoms with E-state index in [0.717, 1.165) is 15.7 Å². The topological polar surface area (TPSA) is 66.5 Å². The Labute approximate surface area is 172 Å². The summed E-state index contributed by atoms with van der Waals surface area (Å²) in [5, 5.41) is 4.71. The summed E-state index contributed by atoms with van der Waals surface area (Å²) in [4.78, 5) is 39.5. The number of carbonyl (C=O) groups is 3. The molecule has 144 valence electrons. The van der Waals surface area contributed by atoms with Gasteiger partial charge in [0.1, 0.15) is 0 Å². The molecule has 1 aliphatic heterocycles. The lowest BCUT2D eigenvalue weighted by Gasteiger charge is -2.15. The van der Waals surface area contributed by atoms with Crippen LogP contribution in [0.5, 0.6) is 0 Å². The Morgan fingerprint density at radius 3 is 2.10 bits per heavy atom. The van der Waals surface area contributed by atoms with Crippen LogP contribution in [0, 0.1) is 0 Å². The van der Waals surface area contributed by atoms with Crippen molar-refractivity contribution in [3.05, 3.63) is 108 Å². The fraction of sp³-hybridized carbons (Fsp3) is 0. The third-order valence-electron chi connectivity index (χ3n) is 5.19. The quantitative estimate of drug-likeness (QED) is 0.505. The number of imide groups is 1. The smallest absolute Gasteiger partial charge is 0.266 e. The molecule has 5 rings (SSSR count). The molecule has 4 aromatic carbocycles. The maximum absolute atomic E-state index is 12.9. The van der Waals surface area contributed by atoms with Crippen LogP contribution < -0.4 is 10.2 Å². The van der Waals surface area contributed by atoms with Crippen molar-refractivity contribution in [3.8, 4) is 0 Å². The van der Waals surface area contributed by atoms with Gasteiger partial charge in [-0.3, -0.25) is 14.4 Å². The van der Waals surface area contributed by atoms with Crippen molar-refractivity contribution in [1.29, 1.82) is 0 Å². The zero-order valence-corrected chi connectivity index (χ0v) is 15.8. The Morgan fingerprint density at radius 2 is 1.33 bits per heavy atom. The lowest BCUT2D eigenvalue weighted by atomic mass is 10.0. The van der Waals surface area contributed by atoms with Crippen molar-refractivity contribution in [2.45, 2.75) is 0 Å². The first-order valence-electron chi connectivity index (χ1n) is 9.50. The van der Waals surface area contributed by atoms with Crippen molar-refractivity contribution in [2.24, 2.45) is 0 Å². The Balaban J connectivity index is 1.46. The number of benzene rings is 4. The Morgan fingerprint density at radius 1 is 0.700 bits per heavy atom. The molecular formula is C25H16N2O3. The average molecular weight is 392 g/mol. The van der Waals surface area contributed by atoms with E-state index < -0.39 is 0 Å². The number of nitrogens with zero attached hydrogens (tertiary/aromatic N) is 1. The van der Waals surface area contributed by atoms with Crippen LogP contribution in [0.2, 0.25) is 0 Å². The van der Waals surface area contributed by atoms with Crippen LogP contribution in [0.1, 0.15) is 31.1 Å². The summed E-state index contributed by atoms with van der Waals surface area (Å²) in [7, 11) is 0. The zero-order valence-electron chi connectivity index (χ0n) is 15.8. The molecule has 30 heavy (non-hydrogen) atoms. The molecule has 3 amide bonds. The molecule has 0 aromatic heterocycles. The van der Waals surface area contributed by atoms with Crippen LogP contribution in [0.25, 0.3) is 10.8 Å². The highest BCUT2D eigenvalue weighted by Crippen LogP contribution is 2.30. The lowest BCUT2D eigenvalue weighted by molar-refractivity contribution is 0.0925. The predicted octanol–water partition coefficient (Wildman–Crippen LogP) is 4.89. The van der Waals surface area contributed by atoms with E-state index in [1.54, 1.807) is 54.6 Å². The van der Waals surface area contributed by atoms with E-state index in [-0.39, 0.29) is 17.7 Å².